The van der Waals surface area contributed by atoms with E-state index in [2.05, 4.69) is 5.32 Å². The molecule has 1 aromatic rings. The van der Waals surface area contributed by atoms with Crippen molar-refractivity contribution in [3.8, 4) is 0 Å². The Morgan fingerprint density at radius 3 is 2.69 bits per heavy atom. The zero-order valence-corrected chi connectivity index (χ0v) is 10.2. The molecule has 1 saturated heterocycles. The van der Waals surface area contributed by atoms with Gasteiger partial charge in [0, 0.05) is 17.1 Å². The molecule has 3 heteroatoms. The lowest BCUT2D eigenvalue weighted by atomic mass is 9.95. The Bertz CT molecular complexity index is 317. The zero-order valence-electron chi connectivity index (χ0n) is 9.45. The van der Waals surface area contributed by atoms with Crippen LogP contribution in [0.25, 0.3) is 0 Å². The van der Waals surface area contributed by atoms with Crippen LogP contribution >= 0.6 is 11.6 Å². The summed E-state index contributed by atoms with van der Waals surface area (Å²) in [7, 11) is 0. The van der Waals surface area contributed by atoms with E-state index in [-0.39, 0.29) is 6.04 Å². The van der Waals surface area contributed by atoms with Crippen molar-refractivity contribution in [2.24, 2.45) is 5.73 Å². The van der Waals surface area contributed by atoms with Crippen LogP contribution in [0, 0.1) is 0 Å². The minimum Gasteiger partial charge on any atom is -0.324 e. The third-order valence-electron chi connectivity index (χ3n) is 3.25. The van der Waals surface area contributed by atoms with Crippen LogP contribution in [0.3, 0.4) is 0 Å². The Balaban J connectivity index is 1.91. The first-order valence-corrected chi connectivity index (χ1v) is 6.38. The van der Waals surface area contributed by atoms with E-state index in [1.807, 2.05) is 24.3 Å². The number of rotatable bonds is 3. The van der Waals surface area contributed by atoms with Gasteiger partial charge in [-0.3, -0.25) is 0 Å². The van der Waals surface area contributed by atoms with Gasteiger partial charge in [-0.05, 0) is 43.5 Å². The molecule has 0 spiro atoms. The monoisotopic (exact) mass is 238 g/mol. The van der Waals surface area contributed by atoms with Crippen molar-refractivity contribution >= 4 is 11.6 Å². The van der Waals surface area contributed by atoms with Crippen LogP contribution < -0.4 is 11.1 Å². The van der Waals surface area contributed by atoms with Crippen molar-refractivity contribution in [2.45, 2.75) is 37.8 Å². The predicted octanol–water partition coefficient (Wildman–Crippen LogP) is 2.87. The van der Waals surface area contributed by atoms with Gasteiger partial charge < -0.3 is 11.1 Å². The molecule has 2 rings (SSSR count). The molecule has 0 amide bonds. The molecule has 0 aliphatic carbocycles. The van der Waals surface area contributed by atoms with Crippen molar-refractivity contribution in [3.63, 3.8) is 0 Å². The second-order valence-corrected chi connectivity index (χ2v) is 4.98. The van der Waals surface area contributed by atoms with Crippen LogP contribution in [-0.4, -0.2) is 12.6 Å². The van der Waals surface area contributed by atoms with Gasteiger partial charge in [-0.25, -0.2) is 0 Å². The van der Waals surface area contributed by atoms with Gasteiger partial charge >= 0.3 is 0 Å². The minimum absolute atomic E-state index is 0.118. The number of hydrogen-bond acceptors (Lipinski definition) is 2. The lowest BCUT2D eigenvalue weighted by molar-refractivity contribution is 0.362. The van der Waals surface area contributed by atoms with Gasteiger partial charge in [0.2, 0.25) is 0 Å². The van der Waals surface area contributed by atoms with Crippen LogP contribution in [-0.2, 0) is 0 Å². The zero-order chi connectivity index (χ0) is 11.4. The van der Waals surface area contributed by atoms with Gasteiger partial charge in [0.25, 0.3) is 0 Å². The molecule has 3 N–H and O–H groups in total. The van der Waals surface area contributed by atoms with E-state index >= 15 is 0 Å². The average Bonchev–Trinajstić information content (AvgIpc) is 2.31. The molecule has 2 nitrogen and oxygen atoms in total. The van der Waals surface area contributed by atoms with E-state index in [0.29, 0.717) is 6.04 Å². The van der Waals surface area contributed by atoms with Gasteiger partial charge in [0.15, 0.2) is 0 Å². The third kappa shape index (κ3) is 3.21. The van der Waals surface area contributed by atoms with E-state index in [4.69, 9.17) is 17.3 Å². The summed E-state index contributed by atoms with van der Waals surface area (Å²) in [4.78, 5) is 0. The van der Waals surface area contributed by atoms with E-state index in [0.717, 1.165) is 18.0 Å². The van der Waals surface area contributed by atoms with E-state index in [1.54, 1.807) is 0 Å². The fourth-order valence-corrected chi connectivity index (χ4v) is 2.40. The first-order chi connectivity index (χ1) is 7.75. The van der Waals surface area contributed by atoms with Crippen molar-refractivity contribution in [3.05, 3.63) is 34.9 Å². The molecule has 88 valence electrons. The SMILES string of the molecule is NC(CC1CCCCN1)c1ccc(Cl)cc1. The molecular weight excluding hydrogens is 220 g/mol. The molecule has 1 aromatic carbocycles. The van der Waals surface area contributed by atoms with Gasteiger partial charge in [0.1, 0.15) is 0 Å². The van der Waals surface area contributed by atoms with E-state index in [1.165, 1.54) is 24.8 Å². The molecule has 1 heterocycles. The summed E-state index contributed by atoms with van der Waals surface area (Å²) in [5.41, 5.74) is 7.37. The lowest BCUT2D eigenvalue weighted by Crippen LogP contribution is -2.36. The Morgan fingerprint density at radius 2 is 2.06 bits per heavy atom. The lowest BCUT2D eigenvalue weighted by Gasteiger charge is -2.26. The fraction of sp³-hybridized carbons (Fsp3) is 0.538. The number of benzene rings is 1. The topological polar surface area (TPSA) is 38.0 Å². The van der Waals surface area contributed by atoms with Gasteiger partial charge in [0.05, 0.1) is 0 Å². The summed E-state index contributed by atoms with van der Waals surface area (Å²) >= 11 is 5.86. The highest BCUT2D eigenvalue weighted by atomic mass is 35.5. The van der Waals surface area contributed by atoms with Gasteiger partial charge in [-0.1, -0.05) is 30.2 Å². The maximum atomic E-state index is 6.19. The van der Waals surface area contributed by atoms with Gasteiger partial charge in [-0.15, -0.1) is 0 Å². The van der Waals surface area contributed by atoms with Crippen LogP contribution in [0.15, 0.2) is 24.3 Å². The molecule has 0 bridgehead atoms. The summed E-state index contributed by atoms with van der Waals surface area (Å²) in [5, 5.41) is 4.30. The molecule has 0 radical (unpaired) electrons. The van der Waals surface area contributed by atoms with Crippen molar-refractivity contribution in [1.82, 2.24) is 5.32 Å². The fourth-order valence-electron chi connectivity index (χ4n) is 2.28. The Hall–Kier alpha value is -0.570. The van der Waals surface area contributed by atoms with Crippen molar-refractivity contribution < 1.29 is 0 Å². The largest absolute Gasteiger partial charge is 0.324 e. The second-order valence-electron chi connectivity index (χ2n) is 4.54. The van der Waals surface area contributed by atoms with Crippen LogP contribution in [0.1, 0.15) is 37.3 Å². The van der Waals surface area contributed by atoms with Crippen LogP contribution in [0.4, 0.5) is 0 Å². The minimum atomic E-state index is 0.118. The maximum Gasteiger partial charge on any atom is 0.0406 e. The maximum absolute atomic E-state index is 6.19. The molecule has 2 unspecified atom stereocenters. The molecular formula is C13H19ClN2. The number of hydrogen-bond donors (Lipinski definition) is 2. The van der Waals surface area contributed by atoms with Crippen molar-refractivity contribution in [2.75, 3.05) is 6.54 Å². The smallest absolute Gasteiger partial charge is 0.0406 e. The van der Waals surface area contributed by atoms with Crippen LogP contribution in [0.5, 0.6) is 0 Å². The summed E-state index contributed by atoms with van der Waals surface area (Å²) in [5.74, 6) is 0. The standard InChI is InChI=1S/C13H19ClN2/c14-11-6-4-10(5-7-11)13(15)9-12-3-1-2-8-16-12/h4-7,12-13,16H,1-3,8-9,15H2. The molecule has 1 aliphatic rings. The molecule has 0 saturated carbocycles. The van der Waals surface area contributed by atoms with Crippen molar-refractivity contribution in [1.29, 1.82) is 0 Å². The quantitative estimate of drug-likeness (QED) is 0.850. The summed E-state index contributed by atoms with van der Waals surface area (Å²) in [6.07, 6.45) is 4.89. The average molecular weight is 239 g/mol. The summed E-state index contributed by atoms with van der Waals surface area (Å²) in [6, 6.07) is 8.56. The highest BCUT2D eigenvalue weighted by molar-refractivity contribution is 6.30. The summed E-state index contributed by atoms with van der Waals surface area (Å²) < 4.78 is 0. The highest BCUT2D eigenvalue weighted by Gasteiger charge is 2.16. The van der Waals surface area contributed by atoms with E-state index < -0.39 is 0 Å². The van der Waals surface area contributed by atoms with E-state index in [9.17, 15) is 0 Å². The molecule has 16 heavy (non-hydrogen) atoms. The highest BCUT2D eigenvalue weighted by Crippen LogP contribution is 2.21. The Labute approximate surface area is 102 Å². The first-order valence-electron chi connectivity index (χ1n) is 6.00. The summed E-state index contributed by atoms with van der Waals surface area (Å²) in [6.45, 7) is 1.14. The number of piperidine rings is 1. The Kier molecular flexibility index (Phi) is 4.22. The van der Waals surface area contributed by atoms with Gasteiger partial charge in [-0.2, -0.15) is 0 Å². The number of nitrogens with one attached hydrogen (secondary N) is 1. The second kappa shape index (κ2) is 5.67. The Morgan fingerprint density at radius 1 is 1.31 bits per heavy atom. The molecule has 1 aliphatic heterocycles. The normalized spacial score (nSPS) is 23.0. The van der Waals surface area contributed by atoms with Crippen LogP contribution in [0.2, 0.25) is 5.02 Å². The predicted molar refractivity (Wildman–Crippen MR) is 68.6 cm³/mol. The number of nitrogens with two attached hydrogens (primary N) is 1. The molecule has 2 atom stereocenters. The number of halogens is 1. The molecule has 1 fully saturated rings. The third-order valence-corrected chi connectivity index (χ3v) is 3.50. The first kappa shape index (κ1) is 11.9. The molecule has 0 aromatic heterocycles.